The number of nitrogens with one attached hydrogen (secondary N) is 2. The Labute approximate surface area is 164 Å². The van der Waals surface area contributed by atoms with Crippen molar-refractivity contribution in [2.45, 2.75) is 17.5 Å². The summed E-state index contributed by atoms with van der Waals surface area (Å²) in [5, 5.41) is 2.17. The number of carbonyl (C=O) groups is 1. The molecule has 2 aliphatic heterocycles. The molecular weight excluding hydrogens is 416 g/mol. The fraction of sp³-hybridized carbons (Fsp3) is 0.235. The Balaban J connectivity index is 1.70. The number of carbonyl (C=O) groups excluding carboxylic acids is 1. The summed E-state index contributed by atoms with van der Waals surface area (Å²) in [4.78, 5) is 12.5. The van der Waals surface area contributed by atoms with E-state index in [9.17, 15) is 22.0 Å². The molecule has 4 rings (SSSR count). The number of sulfonamides is 1. The Morgan fingerprint density at radius 3 is 2.64 bits per heavy atom. The van der Waals surface area contributed by atoms with E-state index in [4.69, 9.17) is 16.3 Å². The van der Waals surface area contributed by atoms with Crippen LogP contribution in [-0.4, -0.2) is 38.1 Å². The van der Waals surface area contributed by atoms with Gasteiger partial charge < -0.3 is 14.6 Å². The maximum atomic E-state index is 13.4. The smallest absolute Gasteiger partial charge is 0.273 e. The SMILES string of the molecule is O=C(Nc1ccc(F)c(F)c1)c1c(Cl)c(S(=O)(=O)NC2COC2)c2n1CC=C2. The van der Waals surface area contributed by atoms with Crippen molar-refractivity contribution >= 4 is 39.3 Å². The summed E-state index contributed by atoms with van der Waals surface area (Å²) >= 11 is 6.29. The van der Waals surface area contributed by atoms with Crippen molar-refractivity contribution in [3.63, 3.8) is 0 Å². The third-order valence-corrected chi connectivity index (χ3v) is 6.46. The molecule has 1 amide bonds. The molecule has 0 saturated carbocycles. The molecule has 2 N–H and O–H groups in total. The van der Waals surface area contributed by atoms with Crippen LogP contribution in [0.4, 0.5) is 14.5 Å². The summed E-state index contributed by atoms with van der Waals surface area (Å²) in [6.45, 7) is 0.760. The number of nitrogens with zero attached hydrogens (tertiary/aromatic N) is 1. The van der Waals surface area contributed by atoms with E-state index in [0.29, 0.717) is 0 Å². The van der Waals surface area contributed by atoms with Gasteiger partial charge in [-0.15, -0.1) is 0 Å². The minimum absolute atomic E-state index is 0.00983. The van der Waals surface area contributed by atoms with Crippen LogP contribution < -0.4 is 10.0 Å². The first-order valence-corrected chi connectivity index (χ1v) is 10.1. The van der Waals surface area contributed by atoms with Gasteiger partial charge >= 0.3 is 0 Å². The second-order valence-corrected chi connectivity index (χ2v) is 8.36. The first-order valence-electron chi connectivity index (χ1n) is 8.23. The van der Waals surface area contributed by atoms with E-state index < -0.39 is 27.6 Å². The maximum Gasteiger partial charge on any atom is 0.273 e. The largest absolute Gasteiger partial charge is 0.378 e. The molecule has 0 spiro atoms. The molecule has 2 aromatic rings. The summed E-state index contributed by atoms with van der Waals surface area (Å²) in [7, 11) is -4.00. The summed E-state index contributed by atoms with van der Waals surface area (Å²) in [6, 6.07) is 2.52. The molecule has 28 heavy (non-hydrogen) atoms. The van der Waals surface area contributed by atoms with Gasteiger partial charge in [-0.05, 0) is 18.2 Å². The molecule has 0 atom stereocenters. The average Bonchev–Trinajstić information content (AvgIpc) is 3.13. The van der Waals surface area contributed by atoms with Crippen LogP contribution in [0.25, 0.3) is 6.08 Å². The van der Waals surface area contributed by atoms with Gasteiger partial charge in [0.1, 0.15) is 10.6 Å². The Hall–Kier alpha value is -2.27. The van der Waals surface area contributed by atoms with Crippen LogP contribution in [0.2, 0.25) is 5.02 Å². The van der Waals surface area contributed by atoms with Crippen LogP contribution in [0.1, 0.15) is 16.2 Å². The molecule has 1 fully saturated rings. The number of benzene rings is 1. The standard InChI is InChI=1S/C17H14ClF2N3O4S/c18-14-15(17(24)21-9-3-4-11(19)12(20)6-9)23-5-1-2-13(23)16(14)28(25,26)22-10-7-27-8-10/h1-4,6,10,22H,5,7-8H2,(H,21,24). The van der Waals surface area contributed by atoms with Crippen LogP contribution in [0.15, 0.2) is 29.2 Å². The molecule has 1 aromatic heterocycles. The molecule has 148 valence electrons. The summed E-state index contributed by atoms with van der Waals surface area (Å²) in [6.07, 6.45) is 3.25. The zero-order valence-electron chi connectivity index (χ0n) is 14.2. The van der Waals surface area contributed by atoms with Gasteiger partial charge in [0.05, 0.1) is 30.0 Å². The lowest BCUT2D eigenvalue weighted by atomic mass is 10.3. The molecule has 7 nitrogen and oxygen atoms in total. The monoisotopic (exact) mass is 429 g/mol. The van der Waals surface area contributed by atoms with Crippen molar-refractivity contribution in [1.82, 2.24) is 9.29 Å². The zero-order chi connectivity index (χ0) is 20.1. The summed E-state index contributed by atoms with van der Waals surface area (Å²) < 4.78 is 60.9. The highest BCUT2D eigenvalue weighted by Gasteiger charge is 2.35. The van der Waals surface area contributed by atoms with Crippen molar-refractivity contribution < 1.29 is 26.7 Å². The topological polar surface area (TPSA) is 89.4 Å². The van der Waals surface area contributed by atoms with Gasteiger partial charge in [0.15, 0.2) is 11.6 Å². The van der Waals surface area contributed by atoms with Gasteiger partial charge in [-0.3, -0.25) is 4.79 Å². The molecule has 0 bridgehead atoms. The summed E-state index contributed by atoms with van der Waals surface area (Å²) in [5.41, 5.74) is 0.195. The Morgan fingerprint density at radius 2 is 2.00 bits per heavy atom. The normalized spacial score (nSPS) is 16.1. The molecule has 0 aliphatic carbocycles. The van der Waals surface area contributed by atoms with Crippen molar-refractivity contribution in [3.8, 4) is 0 Å². The third kappa shape index (κ3) is 3.22. The van der Waals surface area contributed by atoms with Gasteiger partial charge in [0, 0.05) is 18.3 Å². The van der Waals surface area contributed by atoms with E-state index in [1.807, 2.05) is 0 Å². The predicted molar refractivity (Wildman–Crippen MR) is 97.7 cm³/mol. The number of hydrogen-bond acceptors (Lipinski definition) is 4. The number of ether oxygens (including phenoxy) is 1. The number of aromatic nitrogens is 1. The van der Waals surface area contributed by atoms with Gasteiger partial charge in [0.2, 0.25) is 10.0 Å². The van der Waals surface area contributed by atoms with Crippen molar-refractivity contribution in [2.75, 3.05) is 18.5 Å². The van der Waals surface area contributed by atoms with Crippen LogP contribution in [0, 0.1) is 11.6 Å². The fourth-order valence-corrected chi connectivity index (χ4v) is 5.10. The lowest BCUT2D eigenvalue weighted by Gasteiger charge is -2.26. The van der Waals surface area contributed by atoms with Crippen LogP contribution in [0.5, 0.6) is 0 Å². The predicted octanol–water partition coefficient (Wildman–Crippen LogP) is 2.38. The van der Waals surface area contributed by atoms with Gasteiger partial charge in [-0.25, -0.2) is 21.9 Å². The van der Waals surface area contributed by atoms with Crippen LogP contribution in [0.3, 0.4) is 0 Å². The molecule has 0 unspecified atom stereocenters. The Kier molecular flexibility index (Phi) is 4.74. The fourth-order valence-electron chi connectivity index (χ4n) is 3.03. The Bertz CT molecular complexity index is 1110. The highest BCUT2D eigenvalue weighted by Crippen LogP contribution is 2.36. The number of allylic oxidation sites excluding steroid dienone is 1. The lowest BCUT2D eigenvalue weighted by molar-refractivity contribution is 0.00482. The Morgan fingerprint density at radius 1 is 1.25 bits per heavy atom. The number of anilines is 1. The van der Waals surface area contributed by atoms with Gasteiger partial charge in [-0.1, -0.05) is 17.7 Å². The number of halogens is 3. The molecule has 0 radical (unpaired) electrons. The van der Waals surface area contributed by atoms with E-state index in [0.717, 1.165) is 12.1 Å². The van der Waals surface area contributed by atoms with Gasteiger partial charge in [-0.2, -0.15) is 0 Å². The van der Waals surface area contributed by atoms with Gasteiger partial charge in [0.25, 0.3) is 5.91 Å². The maximum absolute atomic E-state index is 13.4. The molecular formula is C17H14ClF2N3O4S. The van der Waals surface area contributed by atoms with E-state index in [1.165, 1.54) is 10.6 Å². The summed E-state index contributed by atoms with van der Waals surface area (Å²) in [5.74, 6) is -2.92. The minimum atomic E-state index is -4.00. The van der Waals surface area contributed by atoms with Crippen molar-refractivity contribution in [2.24, 2.45) is 0 Å². The molecule has 3 heterocycles. The van der Waals surface area contributed by atoms with E-state index in [2.05, 4.69) is 10.0 Å². The van der Waals surface area contributed by atoms with E-state index in [1.54, 1.807) is 12.2 Å². The van der Waals surface area contributed by atoms with Crippen molar-refractivity contribution in [3.05, 3.63) is 52.3 Å². The van der Waals surface area contributed by atoms with Crippen molar-refractivity contribution in [1.29, 1.82) is 0 Å². The average molecular weight is 430 g/mol. The number of amides is 1. The second kappa shape index (κ2) is 6.96. The molecule has 1 aromatic carbocycles. The quantitative estimate of drug-likeness (QED) is 0.763. The molecule has 1 saturated heterocycles. The number of rotatable bonds is 5. The number of fused-ring (bicyclic) bond motifs is 1. The zero-order valence-corrected chi connectivity index (χ0v) is 15.8. The highest BCUT2D eigenvalue weighted by molar-refractivity contribution is 7.89. The second-order valence-electron chi connectivity index (χ2n) is 6.33. The minimum Gasteiger partial charge on any atom is -0.378 e. The molecule has 11 heteroatoms. The molecule has 2 aliphatic rings. The lowest BCUT2D eigenvalue weighted by Crippen LogP contribution is -2.48. The van der Waals surface area contributed by atoms with E-state index >= 15 is 0 Å². The number of hydrogen-bond donors (Lipinski definition) is 2. The van der Waals surface area contributed by atoms with Crippen LogP contribution >= 0.6 is 11.6 Å². The first-order chi connectivity index (χ1) is 13.3. The highest BCUT2D eigenvalue weighted by atomic mass is 35.5. The van der Waals surface area contributed by atoms with Crippen LogP contribution in [-0.2, 0) is 21.3 Å². The third-order valence-electron chi connectivity index (χ3n) is 4.39. The first kappa shape index (κ1) is 19.1. The van der Waals surface area contributed by atoms with E-state index in [-0.39, 0.29) is 52.8 Å².